The summed E-state index contributed by atoms with van der Waals surface area (Å²) in [5.74, 6) is 3.09. The van der Waals surface area contributed by atoms with E-state index < -0.39 is 16.6 Å². The van der Waals surface area contributed by atoms with Crippen LogP contribution in [-0.2, 0) is 13.6 Å². The second-order valence-electron chi connectivity index (χ2n) is 19.7. The third-order valence-electron chi connectivity index (χ3n) is 16.9. The Hall–Kier alpha value is -4.66. The molecular formula is C57H62O3Si2. The van der Waals surface area contributed by atoms with E-state index in [0.717, 1.165) is 25.7 Å². The van der Waals surface area contributed by atoms with Crippen molar-refractivity contribution in [2.24, 2.45) is 46.3 Å². The van der Waals surface area contributed by atoms with Crippen LogP contribution in [0.1, 0.15) is 65.7 Å². The monoisotopic (exact) mass is 850 g/mol. The highest BCUT2D eigenvalue weighted by molar-refractivity contribution is 7.07. The van der Waals surface area contributed by atoms with Crippen LogP contribution in [0.4, 0.5) is 0 Å². The maximum atomic E-state index is 13.7. The molecule has 0 heterocycles. The molecule has 0 saturated heterocycles. The summed E-state index contributed by atoms with van der Waals surface area (Å²) in [5, 5.41) is 7.77. The standard InChI is InChI=1S/C57H62O3Si2/c1-42-38-44-40-45(58)39-43(2)57(44,41-59-61(46-22-10-4-11-23-46,47-24-12-5-13-25-47)48-26-14-6-15-27-48)53-36-37-56(3)52(55(42)53)34-35-54(56)60-62(49-28-16-7-17-29-49,50-30-18-8-19-31-50)51-32-20-9-21-33-51/h4-33,42-44,52-55H,34-41H2,1-3H3/t42?,43?,44?,52-,53+,54?,55-,56-,57-/m0/s1. The fourth-order valence-corrected chi connectivity index (χ4v) is 22.3. The number of benzene rings is 6. The highest BCUT2D eigenvalue weighted by Crippen LogP contribution is 2.69. The first-order chi connectivity index (χ1) is 30.3. The van der Waals surface area contributed by atoms with Crippen LogP contribution >= 0.6 is 0 Å². The van der Waals surface area contributed by atoms with Crippen molar-refractivity contribution in [3.8, 4) is 0 Å². The summed E-state index contributed by atoms with van der Waals surface area (Å²) in [4.78, 5) is 13.7. The van der Waals surface area contributed by atoms with Crippen molar-refractivity contribution in [2.75, 3.05) is 6.61 Å². The Morgan fingerprint density at radius 1 is 0.532 bits per heavy atom. The van der Waals surface area contributed by atoms with Crippen molar-refractivity contribution in [3.63, 3.8) is 0 Å². The molecular weight excluding hydrogens is 789 g/mol. The lowest BCUT2D eigenvalue weighted by Crippen LogP contribution is -2.72. The molecule has 10 rings (SSSR count). The highest BCUT2D eigenvalue weighted by Gasteiger charge is 2.66. The normalized spacial score (nSPS) is 29.6. The summed E-state index contributed by atoms with van der Waals surface area (Å²) in [6.07, 6.45) is 7.10. The number of fused-ring (bicyclic) bond motifs is 5. The number of Topliss-reactive ketones (excluding diaryl/α,β-unsaturated/α-hetero) is 1. The average molecular weight is 851 g/mol. The van der Waals surface area contributed by atoms with Crippen LogP contribution in [0.5, 0.6) is 0 Å². The topological polar surface area (TPSA) is 35.5 Å². The van der Waals surface area contributed by atoms with Gasteiger partial charge in [-0.15, -0.1) is 0 Å². The minimum Gasteiger partial charge on any atom is -0.404 e. The Labute approximate surface area is 372 Å². The molecule has 0 bridgehead atoms. The van der Waals surface area contributed by atoms with Gasteiger partial charge >= 0.3 is 0 Å². The van der Waals surface area contributed by atoms with Gasteiger partial charge < -0.3 is 8.85 Å². The molecule has 4 unspecified atom stereocenters. The van der Waals surface area contributed by atoms with E-state index >= 15 is 0 Å². The maximum absolute atomic E-state index is 13.7. The molecule has 4 aliphatic carbocycles. The minimum absolute atomic E-state index is 0.0330. The van der Waals surface area contributed by atoms with Gasteiger partial charge in [-0.25, -0.2) is 0 Å². The van der Waals surface area contributed by atoms with E-state index in [2.05, 4.69) is 203 Å². The van der Waals surface area contributed by atoms with Gasteiger partial charge in [0.2, 0.25) is 0 Å². The summed E-state index contributed by atoms with van der Waals surface area (Å²) >= 11 is 0. The lowest BCUT2D eigenvalue weighted by molar-refractivity contribution is -0.183. The quantitative estimate of drug-likeness (QED) is 0.0967. The molecule has 4 fully saturated rings. The van der Waals surface area contributed by atoms with Crippen molar-refractivity contribution in [2.45, 2.75) is 71.8 Å². The van der Waals surface area contributed by atoms with Crippen LogP contribution in [-0.4, -0.2) is 35.1 Å². The van der Waals surface area contributed by atoms with Gasteiger partial charge in [0, 0.05) is 24.9 Å². The number of ketones is 1. The number of hydrogen-bond acceptors (Lipinski definition) is 3. The molecule has 4 saturated carbocycles. The lowest BCUT2D eigenvalue weighted by atomic mass is 9.41. The number of rotatable bonds is 11. The zero-order valence-corrected chi connectivity index (χ0v) is 38.7. The van der Waals surface area contributed by atoms with Crippen molar-refractivity contribution in [1.82, 2.24) is 0 Å². The molecule has 62 heavy (non-hydrogen) atoms. The molecule has 3 nitrogen and oxygen atoms in total. The van der Waals surface area contributed by atoms with E-state index in [1.54, 1.807) is 0 Å². The van der Waals surface area contributed by atoms with Crippen LogP contribution < -0.4 is 31.1 Å². The van der Waals surface area contributed by atoms with Crippen LogP contribution in [0.2, 0.25) is 0 Å². The first-order valence-corrected chi connectivity index (χ1v) is 27.3. The average Bonchev–Trinajstić information content (AvgIpc) is 3.65. The number of carbonyl (C=O) groups excluding carboxylic acids is 1. The van der Waals surface area contributed by atoms with E-state index in [-0.39, 0.29) is 22.9 Å². The lowest BCUT2D eigenvalue weighted by Gasteiger charge is -2.65. The molecule has 0 spiro atoms. The highest BCUT2D eigenvalue weighted by atomic mass is 28.4. The molecule has 9 atom stereocenters. The van der Waals surface area contributed by atoms with Crippen molar-refractivity contribution in [1.29, 1.82) is 0 Å². The van der Waals surface area contributed by atoms with Gasteiger partial charge in [0.05, 0.1) is 6.10 Å². The van der Waals surface area contributed by atoms with E-state index in [1.807, 2.05) is 0 Å². The third-order valence-corrected chi connectivity index (χ3v) is 25.0. The molecule has 5 heteroatoms. The fraction of sp³-hybridized carbons (Fsp3) is 0.351. The summed E-state index contributed by atoms with van der Waals surface area (Å²) in [6.45, 7) is 8.26. The Balaban J connectivity index is 1.05. The fourth-order valence-electron chi connectivity index (χ4n) is 14.1. The van der Waals surface area contributed by atoms with Gasteiger partial charge in [0.1, 0.15) is 5.78 Å². The van der Waals surface area contributed by atoms with Crippen LogP contribution in [0.3, 0.4) is 0 Å². The van der Waals surface area contributed by atoms with E-state index in [0.29, 0.717) is 54.8 Å². The second-order valence-corrected chi connectivity index (χ2v) is 26.4. The smallest absolute Gasteiger partial charge is 0.288 e. The molecule has 6 aromatic rings. The first kappa shape index (κ1) is 41.4. The molecule has 0 N–H and O–H groups in total. The van der Waals surface area contributed by atoms with E-state index in [9.17, 15) is 4.79 Å². The molecule has 0 aromatic heterocycles. The van der Waals surface area contributed by atoms with Crippen LogP contribution in [0, 0.1) is 46.3 Å². The Kier molecular flexibility index (Phi) is 11.2. The predicted molar refractivity (Wildman–Crippen MR) is 259 cm³/mol. The van der Waals surface area contributed by atoms with Gasteiger partial charge in [-0.3, -0.25) is 4.79 Å². The van der Waals surface area contributed by atoms with Crippen LogP contribution in [0.25, 0.3) is 0 Å². The second kappa shape index (κ2) is 16.8. The van der Waals surface area contributed by atoms with Gasteiger partial charge in [-0.1, -0.05) is 203 Å². The molecule has 0 amide bonds. The third kappa shape index (κ3) is 6.69. The van der Waals surface area contributed by atoms with Crippen molar-refractivity contribution >= 4 is 53.5 Å². The van der Waals surface area contributed by atoms with Crippen LogP contribution in [0.15, 0.2) is 182 Å². The summed E-state index contributed by atoms with van der Waals surface area (Å²) in [6, 6.07) is 66.7. The van der Waals surface area contributed by atoms with E-state index in [4.69, 9.17) is 8.85 Å². The molecule has 4 aliphatic rings. The number of hydrogen-bond donors (Lipinski definition) is 0. The Morgan fingerprint density at radius 3 is 1.39 bits per heavy atom. The molecule has 6 aromatic carbocycles. The summed E-state index contributed by atoms with van der Waals surface area (Å²) < 4.78 is 16.2. The Morgan fingerprint density at radius 2 is 0.952 bits per heavy atom. The largest absolute Gasteiger partial charge is 0.404 e. The minimum atomic E-state index is -2.99. The van der Waals surface area contributed by atoms with Gasteiger partial charge in [-0.05, 0) is 104 Å². The maximum Gasteiger partial charge on any atom is 0.288 e. The predicted octanol–water partition coefficient (Wildman–Crippen LogP) is 8.81. The van der Waals surface area contributed by atoms with Crippen molar-refractivity contribution in [3.05, 3.63) is 182 Å². The van der Waals surface area contributed by atoms with Gasteiger partial charge in [0.15, 0.2) is 0 Å². The summed E-state index contributed by atoms with van der Waals surface area (Å²) in [5.41, 5.74) is -0.0656. The molecule has 0 aliphatic heterocycles. The zero-order chi connectivity index (χ0) is 42.4. The molecule has 316 valence electrons. The molecule has 0 radical (unpaired) electrons. The number of carbonyl (C=O) groups is 1. The van der Waals surface area contributed by atoms with Gasteiger partial charge in [-0.2, -0.15) is 0 Å². The van der Waals surface area contributed by atoms with Gasteiger partial charge in [0.25, 0.3) is 16.6 Å². The first-order valence-electron chi connectivity index (χ1n) is 23.5. The van der Waals surface area contributed by atoms with Crippen molar-refractivity contribution < 1.29 is 13.6 Å². The zero-order valence-electron chi connectivity index (χ0n) is 36.7. The SMILES string of the molecule is CC1CC2CC(=O)CC(C)[C@]2(CO[Si](c2ccccc2)(c2ccccc2)c2ccccc2)[C@@H]2CC[C@]3(C)C(O[Si](c4ccccc4)(c4ccccc4)c4ccccc4)CC[C@H]3[C@H]12. The Bertz CT molecular complexity index is 2240. The van der Waals surface area contributed by atoms with E-state index in [1.165, 1.54) is 37.5 Å². The summed E-state index contributed by atoms with van der Waals surface area (Å²) in [7, 11) is -5.90.